The van der Waals surface area contributed by atoms with Crippen LogP contribution in [0.25, 0.3) is 0 Å². The molecule has 0 aromatic rings. The Morgan fingerprint density at radius 2 is 1.42 bits per heavy atom. The third-order valence-electron chi connectivity index (χ3n) is 1.04. The molecule has 0 saturated heterocycles. The number of hydrogen-bond donors (Lipinski definition) is 0. The topological polar surface area (TPSA) is 52.6 Å². The normalized spacial score (nSPS) is 8.83. The summed E-state index contributed by atoms with van der Waals surface area (Å²) in [5, 5.41) is 0. The molecule has 0 amide bonds. The Labute approximate surface area is 71.2 Å². The van der Waals surface area contributed by atoms with Gasteiger partial charge in [-0.15, -0.1) is 0 Å². The zero-order valence-electron chi connectivity index (χ0n) is 7.25. The van der Waals surface area contributed by atoms with Gasteiger partial charge in [0.15, 0.2) is 0 Å². The van der Waals surface area contributed by atoms with Crippen molar-refractivity contribution < 1.29 is 19.1 Å². The first-order valence-electron chi connectivity index (χ1n) is 3.66. The highest BCUT2D eigenvalue weighted by Gasteiger charge is 2.17. The first-order chi connectivity index (χ1) is 5.63. The van der Waals surface area contributed by atoms with Gasteiger partial charge < -0.3 is 9.47 Å². The Morgan fingerprint density at radius 1 is 1.08 bits per heavy atom. The lowest BCUT2D eigenvalue weighted by Gasteiger charge is -2.03. The Bertz CT molecular complexity index is 175. The lowest BCUT2D eigenvalue weighted by Crippen LogP contribution is -2.17. The molecule has 0 spiro atoms. The molecule has 0 bridgehead atoms. The van der Waals surface area contributed by atoms with E-state index in [-0.39, 0.29) is 18.8 Å². The molecule has 0 rings (SSSR count). The summed E-state index contributed by atoms with van der Waals surface area (Å²) < 4.78 is 9.06. The largest absolute Gasteiger partial charge is 0.462 e. The van der Waals surface area contributed by atoms with E-state index < -0.39 is 11.9 Å². The molecule has 0 unspecified atom stereocenters. The standard InChI is InChI=1S/C8H12O4/c1-4-11-7(9)6(3)8(10)12-5-2/h3-5H2,1-2H3. The van der Waals surface area contributed by atoms with Crippen LogP contribution in [-0.2, 0) is 19.1 Å². The van der Waals surface area contributed by atoms with E-state index in [9.17, 15) is 9.59 Å². The van der Waals surface area contributed by atoms with Gasteiger partial charge in [-0.25, -0.2) is 9.59 Å². The SMILES string of the molecule is C=C(C(=O)OCC)C(=O)OCC. The fraction of sp³-hybridized carbons (Fsp3) is 0.500. The van der Waals surface area contributed by atoms with Crippen LogP contribution in [0, 0.1) is 0 Å². The van der Waals surface area contributed by atoms with Gasteiger partial charge in [0.2, 0.25) is 0 Å². The lowest BCUT2D eigenvalue weighted by molar-refractivity contribution is -0.146. The van der Waals surface area contributed by atoms with Crippen molar-refractivity contribution in [2.45, 2.75) is 13.8 Å². The van der Waals surface area contributed by atoms with E-state index in [0.717, 1.165) is 0 Å². The van der Waals surface area contributed by atoms with Crippen LogP contribution < -0.4 is 0 Å². The van der Waals surface area contributed by atoms with Crippen LogP contribution in [0.3, 0.4) is 0 Å². The van der Waals surface area contributed by atoms with Crippen molar-refractivity contribution in [2.75, 3.05) is 13.2 Å². The molecule has 12 heavy (non-hydrogen) atoms. The molecule has 0 aromatic heterocycles. The summed E-state index contributed by atoms with van der Waals surface area (Å²) in [7, 11) is 0. The van der Waals surface area contributed by atoms with E-state index >= 15 is 0 Å². The number of esters is 2. The molecule has 4 heteroatoms. The minimum absolute atomic E-state index is 0.220. The first-order valence-corrected chi connectivity index (χ1v) is 3.66. The van der Waals surface area contributed by atoms with Gasteiger partial charge in [0.25, 0.3) is 0 Å². The summed E-state index contributed by atoms with van der Waals surface area (Å²) in [6.07, 6.45) is 0. The number of carbonyl (C=O) groups excluding carboxylic acids is 2. The predicted octanol–water partition coefficient (Wildman–Crippen LogP) is 0.669. The molecule has 0 atom stereocenters. The summed E-state index contributed by atoms with van der Waals surface area (Å²) in [4.78, 5) is 21.7. The molecular weight excluding hydrogens is 160 g/mol. The molecule has 0 heterocycles. The Morgan fingerprint density at radius 3 is 1.67 bits per heavy atom. The van der Waals surface area contributed by atoms with Gasteiger partial charge >= 0.3 is 11.9 Å². The number of rotatable bonds is 4. The maximum atomic E-state index is 10.8. The second-order valence-electron chi connectivity index (χ2n) is 1.92. The van der Waals surface area contributed by atoms with Crippen LogP contribution in [0.4, 0.5) is 0 Å². The van der Waals surface area contributed by atoms with Gasteiger partial charge in [0.05, 0.1) is 13.2 Å². The van der Waals surface area contributed by atoms with Crippen LogP contribution in [-0.4, -0.2) is 25.2 Å². The maximum Gasteiger partial charge on any atom is 0.344 e. The summed E-state index contributed by atoms with van der Waals surface area (Å²) in [5.41, 5.74) is -0.265. The Kier molecular flexibility index (Phi) is 4.76. The van der Waals surface area contributed by atoms with Crippen molar-refractivity contribution in [2.24, 2.45) is 0 Å². The molecule has 0 aliphatic carbocycles. The van der Waals surface area contributed by atoms with Crippen molar-refractivity contribution >= 4 is 11.9 Å². The molecule has 0 aliphatic rings. The minimum atomic E-state index is -0.726. The van der Waals surface area contributed by atoms with Gasteiger partial charge in [-0.05, 0) is 13.8 Å². The van der Waals surface area contributed by atoms with E-state index in [0.29, 0.717) is 0 Å². The summed E-state index contributed by atoms with van der Waals surface area (Å²) in [6, 6.07) is 0. The fourth-order valence-electron chi connectivity index (χ4n) is 0.520. The monoisotopic (exact) mass is 172 g/mol. The highest BCUT2D eigenvalue weighted by atomic mass is 16.6. The van der Waals surface area contributed by atoms with E-state index in [1.807, 2.05) is 0 Å². The highest BCUT2D eigenvalue weighted by Crippen LogP contribution is 1.97. The summed E-state index contributed by atoms with van der Waals surface area (Å²) in [5.74, 6) is -1.45. The molecule has 0 fully saturated rings. The molecule has 0 aromatic carbocycles. The van der Waals surface area contributed by atoms with Crippen LogP contribution in [0.15, 0.2) is 12.2 Å². The van der Waals surface area contributed by atoms with Gasteiger partial charge in [-0.2, -0.15) is 0 Å². The molecule has 4 nitrogen and oxygen atoms in total. The Hall–Kier alpha value is -1.32. The second-order valence-corrected chi connectivity index (χ2v) is 1.92. The molecule has 0 saturated carbocycles. The van der Waals surface area contributed by atoms with E-state index in [1.165, 1.54) is 0 Å². The van der Waals surface area contributed by atoms with Crippen molar-refractivity contribution in [3.63, 3.8) is 0 Å². The zero-order chi connectivity index (χ0) is 9.56. The number of hydrogen-bond acceptors (Lipinski definition) is 4. The summed E-state index contributed by atoms with van der Waals surface area (Å²) in [6.45, 7) is 6.98. The van der Waals surface area contributed by atoms with Gasteiger partial charge in [-0.1, -0.05) is 6.58 Å². The van der Waals surface area contributed by atoms with Crippen LogP contribution in [0.5, 0.6) is 0 Å². The van der Waals surface area contributed by atoms with E-state index in [4.69, 9.17) is 0 Å². The quantitative estimate of drug-likeness (QED) is 0.270. The third kappa shape index (κ3) is 3.18. The zero-order valence-corrected chi connectivity index (χ0v) is 7.25. The molecule has 0 N–H and O–H groups in total. The average Bonchev–Trinajstić information content (AvgIpc) is 2.04. The van der Waals surface area contributed by atoms with Gasteiger partial charge in [0.1, 0.15) is 5.57 Å². The molecular formula is C8H12O4. The van der Waals surface area contributed by atoms with Crippen LogP contribution in [0.1, 0.15) is 13.8 Å². The predicted molar refractivity (Wildman–Crippen MR) is 42.4 cm³/mol. The maximum absolute atomic E-state index is 10.8. The van der Waals surface area contributed by atoms with Crippen LogP contribution >= 0.6 is 0 Å². The third-order valence-corrected chi connectivity index (χ3v) is 1.04. The van der Waals surface area contributed by atoms with Crippen molar-refractivity contribution in [1.29, 1.82) is 0 Å². The van der Waals surface area contributed by atoms with Crippen molar-refractivity contribution in [1.82, 2.24) is 0 Å². The highest BCUT2D eigenvalue weighted by molar-refractivity contribution is 6.13. The lowest BCUT2D eigenvalue weighted by atomic mass is 10.3. The second kappa shape index (κ2) is 5.35. The smallest absolute Gasteiger partial charge is 0.344 e. The van der Waals surface area contributed by atoms with Gasteiger partial charge in [0, 0.05) is 0 Å². The van der Waals surface area contributed by atoms with E-state index in [1.54, 1.807) is 13.8 Å². The average molecular weight is 172 g/mol. The number of ether oxygens (including phenoxy) is 2. The minimum Gasteiger partial charge on any atom is -0.462 e. The Balaban J connectivity index is 4.01. The van der Waals surface area contributed by atoms with Crippen molar-refractivity contribution in [3.8, 4) is 0 Å². The summed E-state index contributed by atoms with van der Waals surface area (Å²) >= 11 is 0. The van der Waals surface area contributed by atoms with Crippen LogP contribution in [0.2, 0.25) is 0 Å². The van der Waals surface area contributed by atoms with E-state index in [2.05, 4.69) is 16.1 Å². The number of carbonyl (C=O) groups is 2. The van der Waals surface area contributed by atoms with Gasteiger partial charge in [-0.3, -0.25) is 0 Å². The van der Waals surface area contributed by atoms with Crippen molar-refractivity contribution in [3.05, 3.63) is 12.2 Å². The molecule has 68 valence electrons. The molecule has 0 aliphatic heterocycles. The first kappa shape index (κ1) is 10.7. The fourth-order valence-corrected chi connectivity index (χ4v) is 0.520. The molecule has 0 radical (unpaired) electrons.